The zero-order chi connectivity index (χ0) is 12.8. The first-order valence-electron chi connectivity index (χ1n) is 6.96. The van der Waals surface area contributed by atoms with E-state index in [0.29, 0.717) is 11.6 Å². The van der Waals surface area contributed by atoms with Crippen molar-refractivity contribution in [3.05, 3.63) is 0 Å². The van der Waals surface area contributed by atoms with Gasteiger partial charge >= 0.3 is 0 Å². The minimum absolute atomic E-state index is 0.360. The van der Waals surface area contributed by atoms with Crippen molar-refractivity contribution < 1.29 is 0 Å². The van der Waals surface area contributed by atoms with Gasteiger partial charge in [0, 0.05) is 31.2 Å². The third-order valence-electron chi connectivity index (χ3n) is 3.33. The largest absolute Gasteiger partial charge is 0.298 e. The van der Waals surface area contributed by atoms with Crippen LogP contribution in [0.25, 0.3) is 0 Å². The van der Waals surface area contributed by atoms with Crippen LogP contribution in [-0.2, 0) is 0 Å². The summed E-state index contributed by atoms with van der Waals surface area (Å²) >= 11 is 0. The summed E-state index contributed by atoms with van der Waals surface area (Å²) in [7, 11) is 0. The van der Waals surface area contributed by atoms with Gasteiger partial charge < -0.3 is 0 Å². The first-order valence-corrected chi connectivity index (χ1v) is 6.96. The van der Waals surface area contributed by atoms with E-state index in [1.165, 1.54) is 32.6 Å². The summed E-state index contributed by atoms with van der Waals surface area (Å²) in [6, 6.07) is 0.693. The van der Waals surface area contributed by atoms with Crippen molar-refractivity contribution in [3.63, 3.8) is 0 Å². The summed E-state index contributed by atoms with van der Waals surface area (Å²) in [5.74, 6) is 0. The van der Waals surface area contributed by atoms with Gasteiger partial charge in [-0.25, -0.2) is 0 Å². The molecule has 1 rings (SSSR count). The SMILES string of the molecule is CC.CCCN1CCN(C(C)C)CC1(C)C. The lowest BCUT2D eigenvalue weighted by Gasteiger charge is -2.48. The zero-order valence-electron chi connectivity index (χ0n) is 12.5. The number of piperazine rings is 1. The Balaban J connectivity index is 0.00000106. The molecule has 0 unspecified atom stereocenters. The highest BCUT2D eigenvalue weighted by Gasteiger charge is 2.33. The Kier molecular flexibility index (Phi) is 7.25. The van der Waals surface area contributed by atoms with Crippen molar-refractivity contribution in [3.8, 4) is 0 Å². The maximum absolute atomic E-state index is 2.63. The third-order valence-corrected chi connectivity index (χ3v) is 3.33. The van der Waals surface area contributed by atoms with Gasteiger partial charge in [-0.2, -0.15) is 0 Å². The van der Waals surface area contributed by atoms with Crippen molar-refractivity contribution in [2.75, 3.05) is 26.2 Å². The molecule has 0 saturated carbocycles. The summed E-state index contributed by atoms with van der Waals surface area (Å²) in [6.45, 7) is 20.5. The van der Waals surface area contributed by atoms with E-state index < -0.39 is 0 Å². The van der Waals surface area contributed by atoms with Crippen LogP contribution in [0, 0.1) is 0 Å². The van der Waals surface area contributed by atoms with Crippen LogP contribution in [0.5, 0.6) is 0 Å². The zero-order valence-corrected chi connectivity index (χ0v) is 12.5. The monoisotopic (exact) mass is 228 g/mol. The van der Waals surface area contributed by atoms with E-state index in [0.717, 1.165) is 0 Å². The fraction of sp³-hybridized carbons (Fsp3) is 1.00. The summed E-state index contributed by atoms with van der Waals surface area (Å²) in [4.78, 5) is 5.22. The lowest BCUT2D eigenvalue weighted by atomic mass is 9.97. The van der Waals surface area contributed by atoms with Crippen LogP contribution in [0.15, 0.2) is 0 Å². The molecule has 0 radical (unpaired) electrons. The van der Waals surface area contributed by atoms with Gasteiger partial charge in [0.1, 0.15) is 0 Å². The molecule has 1 fully saturated rings. The molecule has 0 bridgehead atoms. The van der Waals surface area contributed by atoms with E-state index in [-0.39, 0.29) is 0 Å². The van der Waals surface area contributed by atoms with Gasteiger partial charge in [-0.3, -0.25) is 9.80 Å². The quantitative estimate of drug-likeness (QED) is 0.732. The maximum Gasteiger partial charge on any atom is 0.0280 e. The normalized spacial score (nSPS) is 21.8. The van der Waals surface area contributed by atoms with Gasteiger partial charge in [0.15, 0.2) is 0 Å². The molecule has 0 amide bonds. The summed E-state index contributed by atoms with van der Waals surface area (Å²) in [5, 5.41) is 0. The van der Waals surface area contributed by atoms with E-state index in [2.05, 4.69) is 44.4 Å². The van der Waals surface area contributed by atoms with Crippen LogP contribution < -0.4 is 0 Å². The maximum atomic E-state index is 2.63. The van der Waals surface area contributed by atoms with Crippen LogP contribution in [-0.4, -0.2) is 47.6 Å². The molecular formula is C14H32N2. The summed E-state index contributed by atoms with van der Waals surface area (Å²) in [5.41, 5.74) is 0.360. The molecule has 2 nitrogen and oxygen atoms in total. The topological polar surface area (TPSA) is 6.48 Å². The molecule has 0 aromatic rings. The van der Waals surface area contributed by atoms with Crippen molar-refractivity contribution in [2.24, 2.45) is 0 Å². The molecule has 1 aliphatic heterocycles. The lowest BCUT2D eigenvalue weighted by molar-refractivity contribution is 0.00652. The molecule has 16 heavy (non-hydrogen) atoms. The van der Waals surface area contributed by atoms with Gasteiger partial charge in [-0.1, -0.05) is 20.8 Å². The van der Waals surface area contributed by atoms with Crippen molar-refractivity contribution in [2.45, 2.75) is 66.5 Å². The molecule has 0 aromatic carbocycles. The lowest BCUT2D eigenvalue weighted by Crippen LogP contribution is -2.60. The van der Waals surface area contributed by atoms with E-state index in [4.69, 9.17) is 0 Å². The second kappa shape index (κ2) is 7.29. The van der Waals surface area contributed by atoms with E-state index in [9.17, 15) is 0 Å². The molecule has 98 valence electrons. The highest BCUT2D eigenvalue weighted by molar-refractivity contribution is 4.90. The molecule has 0 spiro atoms. The minimum atomic E-state index is 0.360. The van der Waals surface area contributed by atoms with E-state index >= 15 is 0 Å². The fourth-order valence-electron chi connectivity index (χ4n) is 2.35. The van der Waals surface area contributed by atoms with Crippen LogP contribution in [0.1, 0.15) is 54.9 Å². The Morgan fingerprint density at radius 1 is 1.12 bits per heavy atom. The first-order chi connectivity index (χ1) is 7.47. The molecule has 0 N–H and O–H groups in total. The van der Waals surface area contributed by atoms with Crippen molar-refractivity contribution in [1.82, 2.24) is 9.80 Å². The van der Waals surface area contributed by atoms with Gasteiger partial charge in [0.25, 0.3) is 0 Å². The Bertz CT molecular complexity index is 176. The number of nitrogens with zero attached hydrogens (tertiary/aromatic N) is 2. The highest BCUT2D eigenvalue weighted by atomic mass is 15.3. The van der Waals surface area contributed by atoms with Crippen LogP contribution >= 0.6 is 0 Å². The summed E-state index contributed by atoms with van der Waals surface area (Å²) in [6.07, 6.45) is 1.27. The van der Waals surface area contributed by atoms with Gasteiger partial charge in [-0.15, -0.1) is 0 Å². The molecule has 1 heterocycles. The predicted molar refractivity (Wildman–Crippen MR) is 74.0 cm³/mol. The number of hydrogen-bond donors (Lipinski definition) is 0. The summed E-state index contributed by atoms with van der Waals surface area (Å²) < 4.78 is 0. The Labute approximate surface area is 103 Å². The van der Waals surface area contributed by atoms with Gasteiger partial charge in [0.2, 0.25) is 0 Å². The van der Waals surface area contributed by atoms with Crippen LogP contribution in [0.4, 0.5) is 0 Å². The first kappa shape index (κ1) is 15.9. The Hall–Kier alpha value is -0.0800. The Morgan fingerprint density at radius 3 is 2.06 bits per heavy atom. The van der Waals surface area contributed by atoms with Crippen molar-refractivity contribution >= 4 is 0 Å². The molecular weight excluding hydrogens is 196 g/mol. The average molecular weight is 228 g/mol. The molecule has 0 aliphatic carbocycles. The minimum Gasteiger partial charge on any atom is -0.298 e. The average Bonchev–Trinajstić information content (AvgIpc) is 2.23. The van der Waals surface area contributed by atoms with Crippen LogP contribution in [0.2, 0.25) is 0 Å². The Morgan fingerprint density at radius 2 is 1.69 bits per heavy atom. The predicted octanol–water partition coefficient (Wildman–Crippen LogP) is 3.23. The highest BCUT2D eigenvalue weighted by Crippen LogP contribution is 2.22. The molecule has 2 heteroatoms. The van der Waals surface area contributed by atoms with Crippen molar-refractivity contribution in [1.29, 1.82) is 0 Å². The van der Waals surface area contributed by atoms with Gasteiger partial charge in [-0.05, 0) is 40.7 Å². The third kappa shape index (κ3) is 4.42. The van der Waals surface area contributed by atoms with Crippen LogP contribution in [0.3, 0.4) is 0 Å². The standard InChI is InChI=1S/C12H26N2.C2H6/c1-6-7-14-9-8-13(11(2)3)10-12(14,4)5;1-2/h11H,6-10H2,1-5H3;1-2H3. The van der Waals surface area contributed by atoms with E-state index in [1.54, 1.807) is 0 Å². The number of hydrogen-bond acceptors (Lipinski definition) is 2. The molecule has 0 atom stereocenters. The second-order valence-corrected chi connectivity index (χ2v) is 5.36. The molecule has 0 aromatic heterocycles. The van der Waals surface area contributed by atoms with Gasteiger partial charge in [0.05, 0.1) is 0 Å². The number of rotatable bonds is 3. The second-order valence-electron chi connectivity index (χ2n) is 5.36. The molecule has 1 saturated heterocycles. The smallest absolute Gasteiger partial charge is 0.0280 e. The van der Waals surface area contributed by atoms with E-state index in [1.807, 2.05) is 13.8 Å². The fourth-order valence-corrected chi connectivity index (χ4v) is 2.35. The molecule has 1 aliphatic rings.